The minimum absolute atomic E-state index is 0.102. The summed E-state index contributed by atoms with van der Waals surface area (Å²) < 4.78 is 5.34. The first kappa shape index (κ1) is 12.5. The molecule has 0 saturated carbocycles. The van der Waals surface area contributed by atoms with Crippen LogP contribution in [-0.4, -0.2) is 17.7 Å². The number of carbonyl (C=O) groups is 1. The van der Waals surface area contributed by atoms with Crippen LogP contribution < -0.4 is 4.74 Å². The van der Waals surface area contributed by atoms with E-state index in [1.54, 1.807) is 12.1 Å². The monoisotopic (exact) mass is 290 g/mol. The summed E-state index contributed by atoms with van der Waals surface area (Å²) in [5.74, 6) is 0.852. The third kappa shape index (κ3) is 3.84. The quantitative estimate of drug-likeness (QED) is 0.779. The number of hydrogen-bond acceptors (Lipinski definition) is 2. The van der Waals surface area contributed by atoms with E-state index in [4.69, 9.17) is 16.3 Å². The van der Waals surface area contributed by atoms with Gasteiger partial charge in [-0.1, -0.05) is 27.5 Å². The molecule has 0 radical (unpaired) electrons. The molecular formula is C11H12BrClO2. The SMILES string of the molecule is CCOc1ccc(Cl)c(CC(=O)CBr)c1. The summed E-state index contributed by atoms with van der Waals surface area (Å²) in [5, 5.41) is 0.954. The van der Waals surface area contributed by atoms with Crippen LogP contribution in [0.2, 0.25) is 5.02 Å². The molecule has 1 aromatic rings. The van der Waals surface area contributed by atoms with Crippen molar-refractivity contribution in [2.45, 2.75) is 13.3 Å². The first-order chi connectivity index (χ1) is 7.17. The Morgan fingerprint density at radius 2 is 2.27 bits per heavy atom. The lowest BCUT2D eigenvalue weighted by molar-refractivity contribution is -0.115. The molecule has 4 heteroatoms. The van der Waals surface area contributed by atoms with Gasteiger partial charge in [0.05, 0.1) is 11.9 Å². The van der Waals surface area contributed by atoms with E-state index in [0.717, 1.165) is 11.3 Å². The molecule has 1 aromatic carbocycles. The van der Waals surface area contributed by atoms with Crippen molar-refractivity contribution in [1.29, 1.82) is 0 Å². The normalized spacial score (nSPS) is 10.1. The van der Waals surface area contributed by atoms with Crippen LogP contribution in [0.15, 0.2) is 18.2 Å². The number of Topliss-reactive ketones (excluding diaryl/α,β-unsaturated/α-hetero) is 1. The van der Waals surface area contributed by atoms with E-state index in [2.05, 4.69) is 15.9 Å². The lowest BCUT2D eigenvalue weighted by atomic mass is 10.1. The largest absolute Gasteiger partial charge is 0.494 e. The molecule has 0 heterocycles. The number of halogens is 2. The van der Waals surface area contributed by atoms with E-state index >= 15 is 0 Å². The summed E-state index contributed by atoms with van der Waals surface area (Å²) in [6.45, 7) is 2.52. The Labute approximate surface area is 103 Å². The topological polar surface area (TPSA) is 26.3 Å². The maximum atomic E-state index is 11.3. The van der Waals surface area contributed by atoms with Crippen molar-refractivity contribution in [3.63, 3.8) is 0 Å². The zero-order chi connectivity index (χ0) is 11.3. The molecule has 0 aliphatic heterocycles. The van der Waals surface area contributed by atoms with Crippen molar-refractivity contribution in [1.82, 2.24) is 0 Å². The van der Waals surface area contributed by atoms with Gasteiger partial charge in [-0.2, -0.15) is 0 Å². The minimum atomic E-state index is 0.102. The van der Waals surface area contributed by atoms with Crippen molar-refractivity contribution in [2.24, 2.45) is 0 Å². The Bertz CT molecular complexity index is 352. The van der Waals surface area contributed by atoms with Gasteiger partial charge in [-0.25, -0.2) is 0 Å². The minimum Gasteiger partial charge on any atom is -0.494 e. The van der Waals surface area contributed by atoms with Gasteiger partial charge in [0.25, 0.3) is 0 Å². The van der Waals surface area contributed by atoms with E-state index in [9.17, 15) is 4.79 Å². The van der Waals surface area contributed by atoms with Crippen LogP contribution in [0.4, 0.5) is 0 Å². The van der Waals surface area contributed by atoms with Crippen LogP contribution >= 0.6 is 27.5 Å². The third-order valence-electron chi connectivity index (χ3n) is 1.86. The molecule has 0 atom stereocenters. The lowest BCUT2D eigenvalue weighted by Gasteiger charge is -2.07. The molecule has 0 aliphatic carbocycles. The van der Waals surface area contributed by atoms with E-state index in [1.165, 1.54) is 0 Å². The summed E-state index contributed by atoms with van der Waals surface area (Å²) in [7, 11) is 0. The Morgan fingerprint density at radius 3 is 2.87 bits per heavy atom. The van der Waals surface area contributed by atoms with Gasteiger partial charge in [0.15, 0.2) is 0 Å². The molecule has 1 rings (SSSR count). The summed E-state index contributed by atoms with van der Waals surface area (Å²) in [6, 6.07) is 5.36. The van der Waals surface area contributed by atoms with Crippen LogP contribution in [0, 0.1) is 0 Å². The van der Waals surface area contributed by atoms with Crippen LogP contribution in [-0.2, 0) is 11.2 Å². The molecule has 15 heavy (non-hydrogen) atoms. The molecule has 0 bridgehead atoms. The van der Waals surface area contributed by atoms with Gasteiger partial charge >= 0.3 is 0 Å². The zero-order valence-corrected chi connectivity index (χ0v) is 10.8. The van der Waals surface area contributed by atoms with Gasteiger partial charge in [-0.05, 0) is 30.7 Å². The summed E-state index contributed by atoms with van der Waals surface area (Å²) >= 11 is 9.10. The van der Waals surface area contributed by atoms with Gasteiger partial charge in [0.1, 0.15) is 11.5 Å². The highest BCUT2D eigenvalue weighted by atomic mass is 79.9. The molecule has 0 N–H and O–H groups in total. The van der Waals surface area contributed by atoms with Gasteiger partial charge in [0, 0.05) is 11.4 Å². The number of ketones is 1. The zero-order valence-electron chi connectivity index (χ0n) is 8.43. The fourth-order valence-electron chi connectivity index (χ4n) is 1.20. The van der Waals surface area contributed by atoms with Gasteiger partial charge in [-0.3, -0.25) is 4.79 Å². The van der Waals surface area contributed by atoms with Crippen molar-refractivity contribution in [3.8, 4) is 5.75 Å². The molecule has 2 nitrogen and oxygen atoms in total. The number of benzene rings is 1. The van der Waals surface area contributed by atoms with Crippen LogP contribution in [0.3, 0.4) is 0 Å². The Hall–Kier alpha value is -0.540. The van der Waals surface area contributed by atoms with E-state index in [1.807, 2.05) is 13.0 Å². The summed E-state index contributed by atoms with van der Waals surface area (Å²) in [4.78, 5) is 11.3. The van der Waals surface area contributed by atoms with Crippen LogP contribution in [0.1, 0.15) is 12.5 Å². The molecular weight excluding hydrogens is 279 g/mol. The highest BCUT2D eigenvalue weighted by molar-refractivity contribution is 9.09. The molecule has 0 aliphatic rings. The first-order valence-electron chi connectivity index (χ1n) is 4.66. The Balaban J connectivity index is 2.85. The molecule has 0 unspecified atom stereocenters. The Morgan fingerprint density at radius 1 is 1.53 bits per heavy atom. The van der Waals surface area contributed by atoms with E-state index < -0.39 is 0 Å². The van der Waals surface area contributed by atoms with Gasteiger partial charge in [-0.15, -0.1) is 0 Å². The highest BCUT2D eigenvalue weighted by Gasteiger charge is 2.07. The van der Waals surface area contributed by atoms with E-state index in [0.29, 0.717) is 23.4 Å². The maximum absolute atomic E-state index is 11.3. The van der Waals surface area contributed by atoms with E-state index in [-0.39, 0.29) is 5.78 Å². The standard InChI is InChI=1S/C11H12BrClO2/c1-2-15-10-3-4-11(13)8(6-10)5-9(14)7-12/h3-4,6H,2,5,7H2,1H3. The van der Waals surface area contributed by atoms with Gasteiger partial charge < -0.3 is 4.74 Å². The van der Waals surface area contributed by atoms with Crippen molar-refractivity contribution >= 4 is 33.3 Å². The average molecular weight is 292 g/mol. The van der Waals surface area contributed by atoms with Crippen molar-refractivity contribution in [3.05, 3.63) is 28.8 Å². The van der Waals surface area contributed by atoms with Gasteiger partial charge in [0.2, 0.25) is 0 Å². The predicted octanol–water partition coefficient (Wildman–Crippen LogP) is 3.25. The summed E-state index contributed by atoms with van der Waals surface area (Å²) in [5.41, 5.74) is 0.812. The second-order valence-corrected chi connectivity index (χ2v) is 4.00. The maximum Gasteiger partial charge on any atom is 0.147 e. The third-order valence-corrected chi connectivity index (χ3v) is 2.86. The van der Waals surface area contributed by atoms with Crippen LogP contribution in [0.25, 0.3) is 0 Å². The molecule has 0 aromatic heterocycles. The Kier molecular flexibility index (Phi) is 5.12. The highest BCUT2D eigenvalue weighted by Crippen LogP contribution is 2.22. The number of hydrogen-bond donors (Lipinski definition) is 0. The smallest absolute Gasteiger partial charge is 0.147 e. The number of alkyl halides is 1. The summed E-state index contributed by atoms with van der Waals surface area (Å²) in [6.07, 6.45) is 0.338. The molecule has 82 valence electrons. The molecule has 0 fully saturated rings. The predicted molar refractivity (Wildman–Crippen MR) is 65.1 cm³/mol. The molecule has 0 saturated heterocycles. The van der Waals surface area contributed by atoms with Crippen molar-refractivity contribution in [2.75, 3.05) is 11.9 Å². The fourth-order valence-corrected chi connectivity index (χ4v) is 1.59. The number of carbonyl (C=O) groups excluding carboxylic acids is 1. The second-order valence-electron chi connectivity index (χ2n) is 3.04. The molecule has 0 amide bonds. The first-order valence-corrected chi connectivity index (χ1v) is 6.16. The average Bonchev–Trinajstić information content (AvgIpc) is 2.23. The number of rotatable bonds is 5. The number of ether oxygens (including phenoxy) is 1. The molecule has 0 spiro atoms. The van der Waals surface area contributed by atoms with Crippen LogP contribution in [0.5, 0.6) is 5.75 Å². The second kappa shape index (κ2) is 6.13. The fraction of sp³-hybridized carbons (Fsp3) is 0.364. The van der Waals surface area contributed by atoms with Crippen molar-refractivity contribution < 1.29 is 9.53 Å². The lowest BCUT2D eigenvalue weighted by Crippen LogP contribution is -2.04.